The van der Waals surface area contributed by atoms with Crippen LogP contribution in [-0.2, 0) is 14.4 Å². The summed E-state index contributed by atoms with van der Waals surface area (Å²) in [6.45, 7) is 6.98. The van der Waals surface area contributed by atoms with Crippen LogP contribution in [0.2, 0.25) is 0 Å². The lowest BCUT2D eigenvalue weighted by atomic mass is 9.89. The SMILES string of the molecule is CC(C)CN(CC(N)=O)C(=O)CC(C)(C)C(=O)O. The van der Waals surface area contributed by atoms with Gasteiger partial charge < -0.3 is 15.7 Å². The van der Waals surface area contributed by atoms with Crippen molar-refractivity contribution in [2.45, 2.75) is 34.1 Å². The zero-order valence-corrected chi connectivity index (χ0v) is 11.4. The topological polar surface area (TPSA) is 101 Å². The summed E-state index contributed by atoms with van der Waals surface area (Å²) in [5, 5.41) is 8.97. The second kappa shape index (κ2) is 6.37. The smallest absolute Gasteiger partial charge is 0.309 e. The minimum Gasteiger partial charge on any atom is -0.481 e. The third kappa shape index (κ3) is 5.65. The molecule has 3 N–H and O–H groups in total. The van der Waals surface area contributed by atoms with Gasteiger partial charge in [-0.15, -0.1) is 0 Å². The van der Waals surface area contributed by atoms with Crippen molar-refractivity contribution in [3.05, 3.63) is 0 Å². The highest BCUT2D eigenvalue weighted by atomic mass is 16.4. The van der Waals surface area contributed by atoms with E-state index in [1.54, 1.807) is 0 Å². The molecule has 0 aliphatic carbocycles. The van der Waals surface area contributed by atoms with E-state index in [1.165, 1.54) is 18.7 Å². The molecular formula is C12H22N2O4. The largest absolute Gasteiger partial charge is 0.481 e. The maximum absolute atomic E-state index is 12.0. The second-order valence-electron chi connectivity index (χ2n) is 5.50. The Kier molecular flexibility index (Phi) is 5.81. The van der Waals surface area contributed by atoms with Crippen molar-refractivity contribution in [1.82, 2.24) is 4.90 Å². The standard InChI is InChI=1S/C12H22N2O4/c1-8(2)6-14(7-9(13)15)10(16)5-12(3,4)11(17)18/h8H,5-7H2,1-4H3,(H2,13,15)(H,17,18). The zero-order chi connectivity index (χ0) is 14.5. The molecule has 0 rings (SSSR count). The number of hydrogen-bond donors (Lipinski definition) is 2. The fourth-order valence-electron chi connectivity index (χ4n) is 1.45. The summed E-state index contributed by atoms with van der Waals surface area (Å²) < 4.78 is 0. The number of rotatable bonds is 7. The van der Waals surface area contributed by atoms with Crippen LogP contribution in [0.3, 0.4) is 0 Å². The molecule has 0 fully saturated rings. The Morgan fingerprint density at radius 3 is 2.11 bits per heavy atom. The first-order chi connectivity index (χ1) is 8.06. The van der Waals surface area contributed by atoms with Crippen molar-refractivity contribution in [3.63, 3.8) is 0 Å². The van der Waals surface area contributed by atoms with Crippen molar-refractivity contribution >= 4 is 17.8 Å². The number of carboxylic acids is 1. The maximum atomic E-state index is 12.0. The molecule has 0 bridgehead atoms. The number of nitrogens with zero attached hydrogens (tertiary/aromatic N) is 1. The van der Waals surface area contributed by atoms with E-state index in [9.17, 15) is 14.4 Å². The predicted octanol–water partition coefficient (Wildman–Crippen LogP) is 0.457. The average Bonchev–Trinajstić information content (AvgIpc) is 2.13. The molecule has 0 aromatic heterocycles. The van der Waals surface area contributed by atoms with Crippen molar-refractivity contribution in [3.8, 4) is 0 Å². The molecule has 104 valence electrons. The van der Waals surface area contributed by atoms with E-state index < -0.39 is 17.3 Å². The first-order valence-corrected chi connectivity index (χ1v) is 5.85. The van der Waals surface area contributed by atoms with E-state index in [-0.39, 0.29) is 24.8 Å². The first kappa shape index (κ1) is 16.4. The number of hydrogen-bond acceptors (Lipinski definition) is 3. The fourth-order valence-corrected chi connectivity index (χ4v) is 1.45. The van der Waals surface area contributed by atoms with E-state index in [0.29, 0.717) is 6.54 Å². The fraction of sp³-hybridized carbons (Fsp3) is 0.750. The highest BCUT2D eigenvalue weighted by Gasteiger charge is 2.32. The number of aliphatic carboxylic acids is 1. The van der Waals surface area contributed by atoms with Gasteiger partial charge in [0.05, 0.1) is 12.0 Å². The quantitative estimate of drug-likeness (QED) is 0.692. The maximum Gasteiger partial charge on any atom is 0.309 e. The van der Waals surface area contributed by atoms with Crippen molar-refractivity contribution in [2.75, 3.05) is 13.1 Å². The minimum absolute atomic E-state index is 0.150. The van der Waals surface area contributed by atoms with Crippen molar-refractivity contribution in [2.24, 2.45) is 17.1 Å². The molecule has 0 unspecified atom stereocenters. The third-order valence-electron chi connectivity index (χ3n) is 2.46. The van der Waals surface area contributed by atoms with Gasteiger partial charge in [0, 0.05) is 13.0 Å². The molecule has 18 heavy (non-hydrogen) atoms. The molecule has 0 heterocycles. The lowest BCUT2D eigenvalue weighted by Crippen LogP contribution is -2.43. The molecule has 0 saturated carbocycles. The van der Waals surface area contributed by atoms with Gasteiger partial charge in [-0.1, -0.05) is 13.8 Å². The van der Waals surface area contributed by atoms with Crippen molar-refractivity contribution in [1.29, 1.82) is 0 Å². The van der Waals surface area contributed by atoms with Gasteiger partial charge in [0.2, 0.25) is 11.8 Å². The zero-order valence-electron chi connectivity index (χ0n) is 11.4. The van der Waals surface area contributed by atoms with Gasteiger partial charge in [0.25, 0.3) is 0 Å². The van der Waals surface area contributed by atoms with Crippen LogP contribution in [0.15, 0.2) is 0 Å². The Labute approximate surface area is 107 Å². The van der Waals surface area contributed by atoms with E-state index in [0.717, 1.165) is 0 Å². The highest BCUT2D eigenvalue weighted by molar-refractivity contribution is 5.87. The number of amides is 2. The molecule has 0 aliphatic rings. The number of carbonyl (C=O) groups is 3. The molecular weight excluding hydrogens is 236 g/mol. The third-order valence-corrected chi connectivity index (χ3v) is 2.46. The van der Waals surface area contributed by atoms with Gasteiger partial charge in [0.1, 0.15) is 0 Å². The number of carbonyl (C=O) groups excluding carboxylic acids is 2. The van der Waals surface area contributed by atoms with Crippen LogP contribution < -0.4 is 5.73 Å². The lowest BCUT2D eigenvalue weighted by molar-refractivity contribution is -0.151. The summed E-state index contributed by atoms with van der Waals surface area (Å²) in [6.07, 6.45) is -0.150. The summed E-state index contributed by atoms with van der Waals surface area (Å²) >= 11 is 0. The Morgan fingerprint density at radius 2 is 1.78 bits per heavy atom. The van der Waals surface area contributed by atoms with Crippen LogP contribution in [0.25, 0.3) is 0 Å². The highest BCUT2D eigenvalue weighted by Crippen LogP contribution is 2.22. The molecule has 0 aromatic carbocycles. The summed E-state index contributed by atoms with van der Waals surface area (Å²) in [5.74, 6) is -1.83. The lowest BCUT2D eigenvalue weighted by Gasteiger charge is -2.27. The van der Waals surface area contributed by atoms with Gasteiger partial charge in [-0.3, -0.25) is 14.4 Å². The van der Waals surface area contributed by atoms with E-state index in [4.69, 9.17) is 10.8 Å². The summed E-state index contributed by atoms with van der Waals surface area (Å²) in [7, 11) is 0. The molecule has 0 saturated heterocycles. The number of nitrogens with two attached hydrogens (primary N) is 1. The van der Waals surface area contributed by atoms with Gasteiger partial charge in [-0.2, -0.15) is 0 Å². The van der Waals surface area contributed by atoms with Crippen LogP contribution in [0, 0.1) is 11.3 Å². The van der Waals surface area contributed by atoms with Crippen LogP contribution in [0.1, 0.15) is 34.1 Å². The molecule has 0 atom stereocenters. The van der Waals surface area contributed by atoms with Gasteiger partial charge in [-0.25, -0.2) is 0 Å². The predicted molar refractivity (Wildman–Crippen MR) is 66.6 cm³/mol. The number of carboxylic acid groups (broad SMARTS) is 1. The molecule has 6 nitrogen and oxygen atoms in total. The average molecular weight is 258 g/mol. The first-order valence-electron chi connectivity index (χ1n) is 5.85. The minimum atomic E-state index is -1.15. The van der Waals surface area contributed by atoms with Gasteiger partial charge in [-0.05, 0) is 19.8 Å². The van der Waals surface area contributed by atoms with Gasteiger partial charge in [0.15, 0.2) is 0 Å². The summed E-state index contributed by atoms with van der Waals surface area (Å²) in [4.78, 5) is 35.2. The van der Waals surface area contributed by atoms with E-state index in [2.05, 4.69) is 0 Å². The summed E-state index contributed by atoms with van der Waals surface area (Å²) in [5.41, 5.74) is 3.93. The van der Waals surface area contributed by atoms with E-state index in [1.807, 2.05) is 13.8 Å². The Morgan fingerprint density at radius 1 is 1.28 bits per heavy atom. The van der Waals surface area contributed by atoms with Crippen LogP contribution in [0.4, 0.5) is 0 Å². The van der Waals surface area contributed by atoms with Crippen LogP contribution in [0.5, 0.6) is 0 Å². The van der Waals surface area contributed by atoms with Crippen LogP contribution in [-0.4, -0.2) is 40.9 Å². The monoisotopic (exact) mass is 258 g/mol. The molecule has 0 spiro atoms. The van der Waals surface area contributed by atoms with Crippen molar-refractivity contribution < 1.29 is 19.5 Å². The molecule has 6 heteroatoms. The normalized spacial score (nSPS) is 11.4. The Balaban J connectivity index is 4.75. The molecule has 0 aromatic rings. The second-order valence-corrected chi connectivity index (χ2v) is 5.50. The van der Waals surface area contributed by atoms with Gasteiger partial charge >= 0.3 is 5.97 Å². The number of primary amides is 1. The van der Waals surface area contributed by atoms with Crippen LogP contribution >= 0.6 is 0 Å². The summed E-state index contributed by atoms with van der Waals surface area (Å²) in [6, 6.07) is 0. The molecule has 0 aliphatic heterocycles. The Bertz CT molecular complexity index is 337. The molecule has 2 amide bonds. The molecule has 0 radical (unpaired) electrons. The Hall–Kier alpha value is -1.59. The van der Waals surface area contributed by atoms with E-state index >= 15 is 0 Å².